The number of aromatic nitrogens is 5. The Kier molecular flexibility index (Phi) is 5.24. The highest BCUT2D eigenvalue weighted by molar-refractivity contribution is 14.2. The van der Waals surface area contributed by atoms with Crippen LogP contribution < -0.4 is 0 Å². The fourth-order valence-corrected chi connectivity index (χ4v) is 5.68. The standard InChI is InChI=1S/C23H19IN6S/c1-3-15-8-13(2)23-22(17(12-30(23)31-24)18-6-7-26-29-18)16(15)10-21-27-19-5-4-14(11-25)9-20(19)28-21/h4-9,12H,3,10H2,1-2H3,(H,26,29)(H,27,28). The summed E-state index contributed by atoms with van der Waals surface area (Å²) in [5, 5.41) is 17.8. The fraction of sp³-hybridized carbons (Fsp3) is 0.174. The first kappa shape index (κ1) is 20.2. The molecule has 0 aliphatic carbocycles. The molecule has 0 aliphatic rings. The van der Waals surface area contributed by atoms with Gasteiger partial charge >= 0.3 is 0 Å². The minimum absolute atomic E-state index is 0.632. The molecule has 3 heterocycles. The lowest BCUT2D eigenvalue weighted by Crippen LogP contribution is -2.00. The normalized spacial score (nSPS) is 11.4. The Morgan fingerprint density at radius 2 is 2.13 bits per heavy atom. The summed E-state index contributed by atoms with van der Waals surface area (Å²) in [6.45, 7) is 4.37. The molecule has 0 spiro atoms. The van der Waals surface area contributed by atoms with Gasteiger partial charge in [-0.15, -0.1) is 0 Å². The van der Waals surface area contributed by atoms with E-state index in [1.807, 2.05) is 24.3 Å². The van der Waals surface area contributed by atoms with Gasteiger partial charge in [0.25, 0.3) is 0 Å². The number of H-pyrrole nitrogens is 2. The summed E-state index contributed by atoms with van der Waals surface area (Å²) >= 11 is 2.33. The smallest absolute Gasteiger partial charge is 0.111 e. The predicted octanol–water partition coefficient (Wildman–Crippen LogP) is 6.09. The molecule has 0 atom stereocenters. The number of hydrogen-bond acceptors (Lipinski definition) is 4. The monoisotopic (exact) mass is 538 g/mol. The molecule has 2 aromatic carbocycles. The molecule has 0 fully saturated rings. The molecule has 0 amide bonds. The summed E-state index contributed by atoms with van der Waals surface area (Å²) in [5.74, 6) is 0.899. The Morgan fingerprint density at radius 3 is 2.84 bits per heavy atom. The maximum Gasteiger partial charge on any atom is 0.111 e. The van der Waals surface area contributed by atoms with Gasteiger partial charge in [-0.3, -0.25) is 9.07 Å². The number of fused-ring (bicyclic) bond motifs is 2. The van der Waals surface area contributed by atoms with E-state index < -0.39 is 0 Å². The average molecular weight is 538 g/mol. The zero-order chi connectivity index (χ0) is 21.5. The first-order valence-corrected chi connectivity index (χ1v) is 13.3. The second-order valence-corrected chi connectivity index (χ2v) is 9.23. The summed E-state index contributed by atoms with van der Waals surface area (Å²) in [4.78, 5) is 8.24. The summed E-state index contributed by atoms with van der Waals surface area (Å²) < 4.78 is 2.22. The lowest BCUT2D eigenvalue weighted by Gasteiger charge is -2.13. The van der Waals surface area contributed by atoms with Crippen LogP contribution in [0.2, 0.25) is 0 Å². The molecule has 0 radical (unpaired) electrons. The van der Waals surface area contributed by atoms with Crippen LogP contribution in [0.3, 0.4) is 0 Å². The van der Waals surface area contributed by atoms with Crippen LogP contribution in [0.1, 0.15) is 35.0 Å². The number of halogens is 1. The van der Waals surface area contributed by atoms with Crippen LogP contribution in [0.25, 0.3) is 33.2 Å². The maximum atomic E-state index is 9.20. The van der Waals surface area contributed by atoms with Gasteiger partial charge in [0, 0.05) is 60.1 Å². The second kappa shape index (κ2) is 8.05. The van der Waals surface area contributed by atoms with Gasteiger partial charge in [-0.25, -0.2) is 4.98 Å². The summed E-state index contributed by atoms with van der Waals surface area (Å²) in [7, 11) is 1.67. The van der Waals surface area contributed by atoms with E-state index in [-0.39, 0.29) is 0 Å². The molecule has 154 valence electrons. The van der Waals surface area contributed by atoms with Gasteiger partial charge in [-0.05, 0) is 54.3 Å². The fourth-order valence-electron chi connectivity index (χ4n) is 4.30. The van der Waals surface area contributed by atoms with Crippen molar-refractivity contribution in [1.82, 2.24) is 24.1 Å². The van der Waals surface area contributed by atoms with E-state index in [0.29, 0.717) is 12.0 Å². The van der Waals surface area contributed by atoms with E-state index in [1.54, 1.807) is 15.3 Å². The van der Waals surface area contributed by atoms with Gasteiger partial charge in [0.05, 0.1) is 33.9 Å². The Morgan fingerprint density at radius 1 is 1.26 bits per heavy atom. The Hall–Kier alpha value is -2.77. The first-order chi connectivity index (χ1) is 15.1. The summed E-state index contributed by atoms with van der Waals surface area (Å²) in [5.41, 5.74) is 9.63. The quantitative estimate of drug-likeness (QED) is 0.266. The van der Waals surface area contributed by atoms with E-state index in [9.17, 15) is 5.26 Å². The van der Waals surface area contributed by atoms with Crippen molar-refractivity contribution in [3.63, 3.8) is 0 Å². The van der Waals surface area contributed by atoms with Gasteiger partial charge in [0.15, 0.2) is 0 Å². The molecule has 5 rings (SSSR count). The molecular weight excluding hydrogens is 519 g/mol. The summed E-state index contributed by atoms with van der Waals surface area (Å²) in [6, 6.07) is 12.1. The molecule has 5 aromatic rings. The number of nitriles is 1. The van der Waals surface area contributed by atoms with Crippen molar-refractivity contribution in [2.24, 2.45) is 0 Å². The third kappa shape index (κ3) is 3.42. The van der Waals surface area contributed by atoms with Crippen molar-refractivity contribution in [3.8, 4) is 17.3 Å². The van der Waals surface area contributed by atoms with Gasteiger partial charge in [0.1, 0.15) is 5.82 Å². The highest BCUT2D eigenvalue weighted by atomic mass is 127. The summed E-state index contributed by atoms with van der Waals surface area (Å²) in [6.07, 6.45) is 5.60. The van der Waals surface area contributed by atoms with Crippen LogP contribution in [0.5, 0.6) is 0 Å². The van der Waals surface area contributed by atoms with Gasteiger partial charge < -0.3 is 4.98 Å². The SMILES string of the molecule is CCc1cc(C)c2c(c(-c3ccn[nH]3)cn2SI)c1Cc1nc2ccc(C#N)cc2[nH]1. The number of nitrogens with zero attached hydrogens (tertiary/aromatic N) is 4. The van der Waals surface area contributed by atoms with E-state index in [4.69, 9.17) is 4.98 Å². The first-order valence-electron chi connectivity index (χ1n) is 9.97. The molecule has 3 aromatic heterocycles. The van der Waals surface area contributed by atoms with Crippen LogP contribution in [0.15, 0.2) is 42.7 Å². The number of aromatic amines is 2. The molecule has 6 nitrogen and oxygen atoms in total. The molecule has 8 heteroatoms. The van der Waals surface area contributed by atoms with E-state index in [2.05, 4.69) is 72.5 Å². The number of aryl methyl sites for hydroxylation is 2. The molecule has 0 unspecified atom stereocenters. The zero-order valence-corrected chi connectivity index (χ0v) is 20.0. The molecule has 0 bridgehead atoms. The third-order valence-corrected chi connectivity index (χ3v) is 7.39. The van der Waals surface area contributed by atoms with Crippen molar-refractivity contribution in [3.05, 3.63) is 70.8 Å². The number of rotatable bonds is 5. The minimum Gasteiger partial charge on any atom is -0.342 e. The van der Waals surface area contributed by atoms with Crippen molar-refractivity contribution < 1.29 is 0 Å². The zero-order valence-electron chi connectivity index (χ0n) is 17.0. The van der Waals surface area contributed by atoms with Crippen molar-refractivity contribution in [1.29, 1.82) is 5.26 Å². The molecule has 0 saturated heterocycles. The Bertz CT molecular complexity index is 1460. The number of nitrogens with one attached hydrogen (secondary N) is 2. The predicted molar refractivity (Wildman–Crippen MR) is 134 cm³/mol. The van der Waals surface area contributed by atoms with Crippen LogP contribution in [-0.2, 0) is 12.8 Å². The van der Waals surface area contributed by atoms with Crippen LogP contribution in [0, 0.1) is 18.3 Å². The van der Waals surface area contributed by atoms with Gasteiger partial charge in [0.2, 0.25) is 0 Å². The Balaban J connectivity index is 1.75. The molecule has 2 N–H and O–H groups in total. The third-order valence-electron chi connectivity index (χ3n) is 5.68. The van der Waals surface area contributed by atoms with Crippen molar-refractivity contribution in [2.75, 3.05) is 0 Å². The Labute approximate surface area is 195 Å². The van der Waals surface area contributed by atoms with Gasteiger partial charge in [-0.2, -0.15) is 10.4 Å². The molecular formula is C23H19IN6S. The van der Waals surface area contributed by atoms with Crippen LogP contribution in [0.4, 0.5) is 0 Å². The number of hydrogen-bond donors (Lipinski definition) is 2. The van der Waals surface area contributed by atoms with Crippen LogP contribution >= 0.6 is 30.3 Å². The van der Waals surface area contributed by atoms with Crippen molar-refractivity contribution in [2.45, 2.75) is 26.7 Å². The maximum absolute atomic E-state index is 9.20. The molecule has 31 heavy (non-hydrogen) atoms. The minimum atomic E-state index is 0.632. The van der Waals surface area contributed by atoms with Gasteiger partial charge in [-0.1, -0.05) is 13.0 Å². The van der Waals surface area contributed by atoms with Crippen LogP contribution in [-0.4, -0.2) is 24.1 Å². The van der Waals surface area contributed by atoms with E-state index in [0.717, 1.165) is 34.5 Å². The highest BCUT2D eigenvalue weighted by Crippen LogP contribution is 2.40. The van der Waals surface area contributed by atoms with Crippen molar-refractivity contribution >= 4 is 52.3 Å². The largest absolute Gasteiger partial charge is 0.342 e. The lowest BCUT2D eigenvalue weighted by atomic mass is 9.93. The molecule has 0 aliphatic heterocycles. The number of imidazole rings is 1. The molecule has 0 saturated carbocycles. The van der Waals surface area contributed by atoms with E-state index >= 15 is 0 Å². The second-order valence-electron chi connectivity index (χ2n) is 7.52. The average Bonchev–Trinajstić information content (AvgIpc) is 3.52. The highest BCUT2D eigenvalue weighted by Gasteiger charge is 2.21. The lowest BCUT2D eigenvalue weighted by molar-refractivity contribution is 1.00. The van der Waals surface area contributed by atoms with E-state index in [1.165, 1.54) is 27.6 Å². The topological polar surface area (TPSA) is 86.1 Å². The number of benzene rings is 2.